The van der Waals surface area contributed by atoms with Gasteiger partial charge in [-0.1, -0.05) is 6.07 Å². The summed E-state index contributed by atoms with van der Waals surface area (Å²) in [7, 11) is 3.52. The number of aryl methyl sites for hydroxylation is 1. The lowest BCUT2D eigenvalue weighted by Gasteiger charge is -2.20. The highest BCUT2D eigenvalue weighted by Crippen LogP contribution is 2.26. The largest absolute Gasteiger partial charge is 0.384 e. The Hall–Kier alpha value is -1.10. The second kappa shape index (κ2) is 8.37. The van der Waals surface area contributed by atoms with Crippen molar-refractivity contribution in [3.8, 4) is 0 Å². The molecule has 0 saturated carbocycles. The first-order chi connectivity index (χ1) is 10.2. The average molecular weight is 292 g/mol. The summed E-state index contributed by atoms with van der Waals surface area (Å²) in [5.41, 5.74) is 4.06. The minimum atomic E-state index is 0.672. The molecule has 2 rings (SSSR count). The summed E-state index contributed by atoms with van der Waals surface area (Å²) in [6.45, 7) is 7.87. The Morgan fingerprint density at radius 2 is 2.14 bits per heavy atom. The van der Waals surface area contributed by atoms with E-state index in [1.165, 1.54) is 23.2 Å². The molecule has 0 spiro atoms. The van der Waals surface area contributed by atoms with E-state index in [4.69, 9.17) is 9.47 Å². The molecule has 1 aliphatic heterocycles. The summed E-state index contributed by atoms with van der Waals surface area (Å²) in [6, 6.07) is 6.80. The zero-order chi connectivity index (χ0) is 15.1. The van der Waals surface area contributed by atoms with Crippen molar-refractivity contribution >= 4 is 5.69 Å². The maximum Gasteiger partial charge on any atom is 0.0587 e. The van der Waals surface area contributed by atoms with Crippen LogP contribution in [0.15, 0.2) is 18.2 Å². The minimum Gasteiger partial charge on any atom is -0.384 e. The van der Waals surface area contributed by atoms with Crippen LogP contribution in [0.5, 0.6) is 0 Å². The molecule has 1 unspecified atom stereocenters. The molecule has 1 fully saturated rings. The number of benzene rings is 1. The normalized spacial score (nSPS) is 18.4. The molecule has 21 heavy (non-hydrogen) atoms. The first-order valence-electron chi connectivity index (χ1n) is 7.77. The van der Waals surface area contributed by atoms with Crippen LogP contribution in [-0.4, -0.2) is 47.1 Å². The van der Waals surface area contributed by atoms with Crippen molar-refractivity contribution in [2.45, 2.75) is 19.9 Å². The van der Waals surface area contributed by atoms with Gasteiger partial charge in [0.2, 0.25) is 0 Å². The van der Waals surface area contributed by atoms with Crippen LogP contribution in [0.4, 0.5) is 5.69 Å². The highest BCUT2D eigenvalue weighted by molar-refractivity contribution is 5.51. The van der Waals surface area contributed by atoms with E-state index in [2.05, 4.69) is 35.3 Å². The Kier molecular flexibility index (Phi) is 6.49. The first kappa shape index (κ1) is 16.3. The third-order valence-electron chi connectivity index (χ3n) is 4.18. The second-order valence-electron chi connectivity index (χ2n) is 5.84. The van der Waals surface area contributed by atoms with Crippen molar-refractivity contribution in [3.05, 3.63) is 29.3 Å². The van der Waals surface area contributed by atoms with E-state index in [1.54, 1.807) is 14.2 Å². The van der Waals surface area contributed by atoms with Gasteiger partial charge < -0.3 is 19.7 Å². The summed E-state index contributed by atoms with van der Waals surface area (Å²) in [5.74, 6) is 0.672. The Morgan fingerprint density at radius 3 is 2.86 bits per heavy atom. The van der Waals surface area contributed by atoms with Gasteiger partial charge in [0.1, 0.15) is 0 Å². The molecule has 0 amide bonds. The molecule has 1 heterocycles. The summed E-state index contributed by atoms with van der Waals surface area (Å²) in [4.78, 5) is 2.47. The smallest absolute Gasteiger partial charge is 0.0587 e. The lowest BCUT2D eigenvalue weighted by Crippen LogP contribution is -2.22. The monoisotopic (exact) mass is 292 g/mol. The predicted molar refractivity (Wildman–Crippen MR) is 87.0 cm³/mol. The predicted octanol–water partition coefficient (Wildman–Crippen LogP) is 2.20. The molecular formula is C17H28N2O2. The van der Waals surface area contributed by atoms with Gasteiger partial charge in [0, 0.05) is 52.0 Å². The van der Waals surface area contributed by atoms with Gasteiger partial charge in [0.25, 0.3) is 0 Å². The van der Waals surface area contributed by atoms with E-state index in [0.29, 0.717) is 5.92 Å². The summed E-state index contributed by atoms with van der Waals surface area (Å²) < 4.78 is 10.3. The number of ether oxygens (including phenoxy) is 2. The van der Waals surface area contributed by atoms with Gasteiger partial charge in [-0.15, -0.1) is 0 Å². The van der Waals surface area contributed by atoms with Crippen LogP contribution in [0.1, 0.15) is 17.5 Å². The first-order valence-corrected chi connectivity index (χ1v) is 7.77. The molecule has 1 saturated heterocycles. The molecule has 0 bridgehead atoms. The zero-order valence-corrected chi connectivity index (χ0v) is 13.5. The third-order valence-corrected chi connectivity index (χ3v) is 4.18. The Bertz CT molecular complexity index is 437. The molecular weight excluding hydrogens is 264 g/mol. The van der Waals surface area contributed by atoms with Crippen LogP contribution in [0, 0.1) is 12.8 Å². The minimum absolute atomic E-state index is 0.672. The molecule has 0 radical (unpaired) electrons. The number of anilines is 1. The van der Waals surface area contributed by atoms with Crippen molar-refractivity contribution in [2.75, 3.05) is 52.0 Å². The van der Waals surface area contributed by atoms with E-state index in [0.717, 1.165) is 39.4 Å². The second-order valence-corrected chi connectivity index (χ2v) is 5.84. The van der Waals surface area contributed by atoms with E-state index in [9.17, 15) is 0 Å². The highest BCUT2D eigenvalue weighted by atomic mass is 16.5. The molecule has 4 heteroatoms. The number of methoxy groups -OCH3 is 2. The Morgan fingerprint density at radius 1 is 1.29 bits per heavy atom. The van der Waals surface area contributed by atoms with Gasteiger partial charge in [-0.2, -0.15) is 0 Å². The van der Waals surface area contributed by atoms with Crippen LogP contribution in [0.25, 0.3) is 0 Å². The summed E-state index contributed by atoms with van der Waals surface area (Å²) in [5, 5.41) is 3.40. The topological polar surface area (TPSA) is 33.7 Å². The van der Waals surface area contributed by atoms with Crippen LogP contribution in [0.3, 0.4) is 0 Å². The summed E-state index contributed by atoms with van der Waals surface area (Å²) >= 11 is 0. The van der Waals surface area contributed by atoms with Crippen molar-refractivity contribution in [1.29, 1.82) is 0 Å². The molecule has 1 atom stereocenters. The molecule has 118 valence electrons. The van der Waals surface area contributed by atoms with Crippen LogP contribution in [-0.2, 0) is 16.0 Å². The fourth-order valence-corrected chi connectivity index (χ4v) is 2.91. The van der Waals surface area contributed by atoms with Gasteiger partial charge in [0.15, 0.2) is 0 Å². The third kappa shape index (κ3) is 4.70. The standard InChI is InChI=1S/C17H28N2O2/c1-14-10-17(19-8-6-15(12-19)13-21-3)5-4-16(14)11-18-7-9-20-2/h4-5,10,15,18H,6-9,11-13H2,1-3H3. The average Bonchev–Trinajstić information content (AvgIpc) is 2.94. The maximum atomic E-state index is 5.27. The van der Waals surface area contributed by atoms with Crippen LogP contribution in [0.2, 0.25) is 0 Å². The number of hydrogen-bond acceptors (Lipinski definition) is 4. The Labute approximate surface area is 128 Å². The highest BCUT2D eigenvalue weighted by Gasteiger charge is 2.22. The molecule has 0 aromatic heterocycles. The van der Waals surface area contributed by atoms with Gasteiger partial charge in [-0.05, 0) is 36.6 Å². The lowest BCUT2D eigenvalue weighted by molar-refractivity contribution is 0.161. The molecule has 1 aromatic carbocycles. The zero-order valence-electron chi connectivity index (χ0n) is 13.5. The fourth-order valence-electron chi connectivity index (χ4n) is 2.91. The van der Waals surface area contributed by atoms with Gasteiger partial charge in [-0.3, -0.25) is 0 Å². The van der Waals surface area contributed by atoms with E-state index in [1.807, 2.05) is 0 Å². The van der Waals surface area contributed by atoms with Crippen LogP contribution < -0.4 is 10.2 Å². The SMILES string of the molecule is COCCNCc1ccc(N2CCC(COC)C2)cc1C. The Balaban J connectivity index is 1.90. The van der Waals surface area contributed by atoms with E-state index >= 15 is 0 Å². The van der Waals surface area contributed by atoms with E-state index < -0.39 is 0 Å². The number of nitrogens with one attached hydrogen (secondary N) is 1. The van der Waals surface area contributed by atoms with Gasteiger partial charge >= 0.3 is 0 Å². The van der Waals surface area contributed by atoms with Gasteiger partial charge in [0.05, 0.1) is 13.2 Å². The number of rotatable bonds is 8. The van der Waals surface area contributed by atoms with Crippen LogP contribution >= 0.6 is 0 Å². The molecule has 4 nitrogen and oxygen atoms in total. The molecule has 0 aliphatic carbocycles. The summed E-state index contributed by atoms with van der Waals surface area (Å²) in [6.07, 6.45) is 1.23. The number of nitrogens with zero attached hydrogens (tertiary/aromatic N) is 1. The van der Waals surface area contributed by atoms with Gasteiger partial charge in [-0.25, -0.2) is 0 Å². The lowest BCUT2D eigenvalue weighted by atomic mass is 10.1. The van der Waals surface area contributed by atoms with Crippen molar-refractivity contribution < 1.29 is 9.47 Å². The quantitative estimate of drug-likeness (QED) is 0.745. The van der Waals surface area contributed by atoms with E-state index in [-0.39, 0.29) is 0 Å². The van der Waals surface area contributed by atoms with Crippen molar-refractivity contribution in [1.82, 2.24) is 5.32 Å². The molecule has 1 N–H and O–H groups in total. The van der Waals surface area contributed by atoms with Crippen molar-refractivity contribution in [3.63, 3.8) is 0 Å². The molecule has 1 aliphatic rings. The van der Waals surface area contributed by atoms with Crippen molar-refractivity contribution in [2.24, 2.45) is 5.92 Å². The number of hydrogen-bond donors (Lipinski definition) is 1. The maximum absolute atomic E-state index is 5.27. The fraction of sp³-hybridized carbons (Fsp3) is 0.647. The molecule has 1 aromatic rings.